The summed E-state index contributed by atoms with van der Waals surface area (Å²) in [7, 11) is 1.35. The van der Waals surface area contributed by atoms with Crippen LogP contribution in [0.3, 0.4) is 0 Å². The van der Waals surface area contributed by atoms with Crippen LogP contribution in [-0.4, -0.2) is 19.2 Å². The van der Waals surface area contributed by atoms with Crippen LogP contribution in [0.4, 0.5) is 0 Å². The molecule has 0 spiro atoms. The molecule has 1 atom stereocenters. The molecule has 0 heterocycles. The molecule has 0 aliphatic rings. The summed E-state index contributed by atoms with van der Waals surface area (Å²) in [5, 5.41) is 0. The lowest BCUT2D eigenvalue weighted by atomic mass is 10.3. The van der Waals surface area contributed by atoms with Gasteiger partial charge in [0, 0.05) is 0 Å². The second kappa shape index (κ2) is 4.99. The first-order chi connectivity index (χ1) is 4.26. The van der Waals surface area contributed by atoms with Crippen LogP contribution < -0.4 is 0 Å². The summed E-state index contributed by atoms with van der Waals surface area (Å²) in [4.78, 5) is 10.6. The van der Waals surface area contributed by atoms with Gasteiger partial charge in [0.1, 0.15) is 23.0 Å². The third-order valence-electron chi connectivity index (χ3n) is 0.942. The summed E-state index contributed by atoms with van der Waals surface area (Å²) in [6.45, 7) is 1.86. The van der Waals surface area contributed by atoms with Gasteiger partial charge in [0.2, 0.25) is 0 Å². The van der Waals surface area contributed by atoms with Crippen molar-refractivity contribution in [1.82, 2.24) is 0 Å². The predicted molar refractivity (Wildman–Crippen MR) is 41.2 cm³/mol. The topological polar surface area (TPSA) is 35.5 Å². The number of halogens is 1. The highest BCUT2D eigenvalue weighted by molar-refractivity contribution is 14.1. The van der Waals surface area contributed by atoms with Crippen molar-refractivity contribution in [3.63, 3.8) is 0 Å². The summed E-state index contributed by atoms with van der Waals surface area (Å²) < 4.78 is 9.17. The van der Waals surface area contributed by atoms with E-state index in [9.17, 15) is 4.79 Å². The van der Waals surface area contributed by atoms with E-state index < -0.39 is 6.10 Å². The van der Waals surface area contributed by atoms with Crippen LogP contribution in [0, 0.1) is 0 Å². The fraction of sp³-hybridized carbons (Fsp3) is 0.800. The Kier molecular flexibility index (Phi) is 5.07. The molecular weight excluding hydrogens is 235 g/mol. The number of esters is 1. The maximum Gasteiger partial charge on any atom is 0.336 e. The molecule has 0 radical (unpaired) electrons. The van der Waals surface area contributed by atoms with Gasteiger partial charge in [-0.1, -0.05) is 6.92 Å². The molecule has 4 heteroatoms. The van der Waals surface area contributed by atoms with E-state index in [-0.39, 0.29) is 5.97 Å². The van der Waals surface area contributed by atoms with Gasteiger partial charge in [0.15, 0.2) is 6.10 Å². The second-order valence-corrected chi connectivity index (χ2v) is 2.02. The van der Waals surface area contributed by atoms with E-state index in [0.717, 1.165) is 0 Å². The Labute approximate surface area is 68.4 Å². The Morgan fingerprint density at radius 1 is 1.78 bits per heavy atom. The fourth-order valence-corrected chi connectivity index (χ4v) is 0.965. The van der Waals surface area contributed by atoms with E-state index in [2.05, 4.69) is 4.74 Å². The second-order valence-electron chi connectivity index (χ2n) is 1.51. The molecule has 0 aromatic rings. The maximum absolute atomic E-state index is 10.6. The summed E-state index contributed by atoms with van der Waals surface area (Å²) >= 11 is 1.69. The van der Waals surface area contributed by atoms with Crippen molar-refractivity contribution >= 4 is 29.0 Å². The van der Waals surface area contributed by atoms with Gasteiger partial charge < -0.3 is 7.80 Å². The van der Waals surface area contributed by atoms with Crippen LogP contribution in [0.2, 0.25) is 0 Å². The minimum Gasteiger partial charge on any atom is -0.467 e. The van der Waals surface area contributed by atoms with Gasteiger partial charge in [-0.05, 0) is 6.42 Å². The van der Waals surface area contributed by atoms with E-state index >= 15 is 0 Å². The van der Waals surface area contributed by atoms with Crippen LogP contribution in [-0.2, 0) is 12.6 Å². The zero-order chi connectivity index (χ0) is 7.28. The van der Waals surface area contributed by atoms with Crippen molar-refractivity contribution in [1.29, 1.82) is 0 Å². The zero-order valence-corrected chi connectivity index (χ0v) is 7.54. The molecule has 0 aliphatic carbocycles. The minimum absolute atomic E-state index is 0.313. The van der Waals surface area contributed by atoms with Crippen molar-refractivity contribution in [2.45, 2.75) is 19.4 Å². The molecule has 9 heavy (non-hydrogen) atoms. The first kappa shape index (κ1) is 9.16. The monoisotopic (exact) mass is 244 g/mol. The first-order valence-electron chi connectivity index (χ1n) is 2.61. The third kappa shape index (κ3) is 3.00. The average molecular weight is 244 g/mol. The van der Waals surface area contributed by atoms with Gasteiger partial charge in [-0.25, -0.2) is 4.79 Å². The molecule has 0 bridgehead atoms. The number of hydrogen-bond acceptors (Lipinski definition) is 3. The smallest absolute Gasteiger partial charge is 0.336 e. The average Bonchev–Trinajstić information content (AvgIpc) is 1.90. The lowest BCUT2D eigenvalue weighted by molar-refractivity contribution is -0.147. The molecule has 0 aliphatic heterocycles. The number of methoxy groups -OCH3 is 1. The molecule has 0 amide bonds. The highest BCUT2D eigenvalue weighted by Crippen LogP contribution is 2.03. The predicted octanol–water partition coefficient (Wildman–Crippen LogP) is 1.30. The summed E-state index contributed by atoms with van der Waals surface area (Å²) in [5.74, 6) is -0.313. The van der Waals surface area contributed by atoms with Crippen LogP contribution in [0.5, 0.6) is 0 Å². The number of hydrogen-bond donors (Lipinski definition) is 0. The Balaban J connectivity index is 3.64. The molecular formula is C5H9IO3. The normalized spacial score (nSPS) is 12.8. The zero-order valence-electron chi connectivity index (χ0n) is 5.39. The van der Waals surface area contributed by atoms with Gasteiger partial charge in [-0.2, -0.15) is 0 Å². The summed E-state index contributed by atoms with van der Waals surface area (Å²) in [6.07, 6.45) is 0.242. The highest BCUT2D eigenvalue weighted by Gasteiger charge is 2.15. The molecule has 54 valence electrons. The number of carbonyl (C=O) groups is 1. The molecule has 0 aromatic carbocycles. The molecule has 0 saturated heterocycles. The summed E-state index contributed by atoms with van der Waals surface area (Å²) in [6, 6.07) is 0. The van der Waals surface area contributed by atoms with Crippen LogP contribution >= 0.6 is 23.0 Å². The standard InChI is InChI=1S/C5H9IO3/c1-3-4(9-6)5(7)8-2/h4H,3H2,1-2H3. The molecule has 1 unspecified atom stereocenters. The van der Waals surface area contributed by atoms with Crippen LogP contribution in [0.25, 0.3) is 0 Å². The van der Waals surface area contributed by atoms with Crippen molar-refractivity contribution in [3.05, 3.63) is 0 Å². The largest absolute Gasteiger partial charge is 0.467 e. The van der Waals surface area contributed by atoms with E-state index in [1.165, 1.54) is 7.11 Å². The van der Waals surface area contributed by atoms with Gasteiger partial charge in [0.05, 0.1) is 7.11 Å². The fourth-order valence-electron chi connectivity index (χ4n) is 0.397. The Bertz CT molecular complexity index is 90.2. The van der Waals surface area contributed by atoms with E-state index in [0.29, 0.717) is 6.42 Å². The SMILES string of the molecule is CCC(OI)C(=O)OC. The lowest BCUT2D eigenvalue weighted by Crippen LogP contribution is -2.21. The third-order valence-corrected chi connectivity index (χ3v) is 1.56. The maximum atomic E-state index is 10.6. The van der Waals surface area contributed by atoms with Gasteiger partial charge in [0.25, 0.3) is 0 Å². The summed E-state index contributed by atoms with van der Waals surface area (Å²) in [5.41, 5.74) is 0. The van der Waals surface area contributed by atoms with Crippen molar-refractivity contribution < 1.29 is 12.6 Å². The Morgan fingerprint density at radius 3 is 2.44 bits per heavy atom. The molecule has 0 rings (SSSR count). The molecule has 0 fully saturated rings. The van der Waals surface area contributed by atoms with Crippen molar-refractivity contribution in [2.24, 2.45) is 0 Å². The Morgan fingerprint density at radius 2 is 2.33 bits per heavy atom. The van der Waals surface area contributed by atoms with Crippen molar-refractivity contribution in [2.75, 3.05) is 7.11 Å². The van der Waals surface area contributed by atoms with Crippen LogP contribution in [0.15, 0.2) is 0 Å². The Hall–Kier alpha value is 0.160. The lowest BCUT2D eigenvalue weighted by Gasteiger charge is -2.06. The number of carbonyl (C=O) groups excluding carboxylic acids is 1. The van der Waals surface area contributed by atoms with Gasteiger partial charge in [-0.15, -0.1) is 0 Å². The van der Waals surface area contributed by atoms with Gasteiger partial charge in [-0.3, -0.25) is 0 Å². The van der Waals surface area contributed by atoms with E-state index in [1.54, 1.807) is 23.0 Å². The first-order valence-corrected chi connectivity index (χ1v) is 3.49. The molecule has 0 saturated carbocycles. The number of rotatable bonds is 3. The number of ether oxygens (including phenoxy) is 1. The molecule has 0 N–H and O–H groups in total. The highest BCUT2D eigenvalue weighted by atomic mass is 127. The van der Waals surface area contributed by atoms with Crippen LogP contribution in [0.1, 0.15) is 13.3 Å². The van der Waals surface area contributed by atoms with Crippen molar-refractivity contribution in [3.8, 4) is 0 Å². The van der Waals surface area contributed by atoms with E-state index in [4.69, 9.17) is 3.07 Å². The quantitative estimate of drug-likeness (QED) is 0.554. The minimum atomic E-state index is -0.407. The molecule has 0 aromatic heterocycles. The molecule has 3 nitrogen and oxygen atoms in total. The van der Waals surface area contributed by atoms with E-state index in [1.807, 2.05) is 6.92 Å². The van der Waals surface area contributed by atoms with Gasteiger partial charge >= 0.3 is 5.97 Å².